The van der Waals surface area contributed by atoms with Crippen molar-refractivity contribution in [1.82, 2.24) is 0 Å². The number of aromatic nitrogens is 1. The monoisotopic (exact) mass is 228 g/mol. The molecule has 0 unspecified atom stereocenters. The summed E-state index contributed by atoms with van der Waals surface area (Å²) in [5, 5.41) is 22.4. The molecule has 0 N–H and O–H groups in total. The van der Waals surface area contributed by atoms with E-state index in [1.165, 1.54) is 18.3 Å². The fourth-order valence-corrected chi connectivity index (χ4v) is 2.24. The predicted molar refractivity (Wildman–Crippen MR) is 60.3 cm³/mol. The lowest BCUT2D eigenvalue weighted by molar-refractivity contribution is -0.593. The molecular weight excluding hydrogens is 220 g/mol. The minimum absolute atomic E-state index is 0.0639. The minimum Gasteiger partial charge on any atom is -0.618 e. The first kappa shape index (κ1) is 9.77. The first-order valence-corrected chi connectivity index (χ1v) is 5.15. The standard InChI is InChI=1S/C12H8N2O3/c15-13-5-1-2-8-6-9-7-10(14(16)17)3-4-11(9)12(8)13/h1-5,7H,6H2. The van der Waals surface area contributed by atoms with Gasteiger partial charge < -0.3 is 5.21 Å². The molecule has 0 spiro atoms. The van der Waals surface area contributed by atoms with Crippen LogP contribution in [-0.4, -0.2) is 4.92 Å². The van der Waals surface area contributed by atoms with Gasteiger partial charge in [0.2, 0.25) is 5.69 Å². The van der Waals surface area contributed by atoms with E-state index < -0.39 is 4.92 Å². The van der Waals surface area contributed by atoms with Crippen LogP contribution in [-0.2, 0) is 6.42 Å². The molecule has 1 heterocycles. The molecule has 0 saturated carbocycles. The van der Waals surface area contributed by atoms with E-state index in [0.29, 0.717) is 12.1 Å². The third kappa shape index (κ3) is 1.36. The van der Waals surface area contributed by atoms with Crippen LogP contribution in [0.3, 0.4) is 0 Å². The van der Waals surface area contributed by atoms with Gasteiger partial charge in [0, 0.05) is 30.2 Å². The first-order chi connectivity index (χ1) is 8.16. The number of nitrogens with zero attached hydrogens (tertiary/aromatic N) is 2. The van der Waals surface area contributed by atoms with Crippen LogP contribution in [0.15, 0.2) is 36.5 Å². The zero-order chi connectivity index (χ0) is 12.0. The number of hydrogen-bond donors (Lipinski definition) is 0. The Kier molecular flexibility index (Phi) is 1.89. The van der Waals surface area contributed by atoms with Crippen molar-refractivity contribution in [2.45, 2.75) is 6.42 Å². The lowest BCUT2D eigenvalue weighted by Gasteiger charge is -2.02. The van der Waals surface area contributed by atoms with Gasteiger partial charge in [0.15, 0.2) is 6.20 Å². The van der Waals surface area contributed by atoms with E-state index in [4.69, 9.17) is 0 Å². The Morgan fingerprint density at radius 2 is 2.06 bits per heavy atom. The van der Waals surface area contributed by atoms with E-state index in [-0.39, 0.29) is 5.69 Å². The molecule has 0 fully saturated rings. The van der Waals surface area contributed by atoms with Gasteiger partial charge in [-0.2, -0.15) is 4.73 Å². The molecular formula is C12H8N2O3. The van der Waals surface area contributed by atoms with Gasteiger partial charge in [-0.1, -0.05) is 0 Å². The Morgan fingerprint density at radius 1 is 1.24 bits per heavy atom. The highest BCUT2D eigenvalue weighted by atomic mass is 16.6. The van der Waals surface area contributed by atoms with Crippen molar-refractivity contribution in [2.75, 3.05) is 0 Å². The summed E-state index contributed by atoms with van der Waals surface area (Å²) in [7, 11) is 0. The zero-order valence-corrected chi connectivity index (χ0v) is 8.79. The van der Waals surface area contributed by atoms with Gasteiger partial charge in [-0.25, -0.2) is 0 Å². The van der Waals surface area contributed by atoms with Gasteiger partial charge in [-0.05, 0) is 17.7 Å². The maximum atomic E-state index is 11.7. The summed E-state index contributed by atoms with van der Waals surface area (Å²) in [6.45, 7) is 0. The Morgan fingerprint density at radius 3 is 2.82 bits per heavy atom. The lowest BCUT2D eigenvalue weighted by Crippen LogP contribution is -2.28. The lowest BCUT2D eigenvalue weighted by atomic mass is 10.1. The van der Waals surface area contributed by atoms with Crippen molar-refractivity contribution in [2.24, 2.45) is 0 Å². The van der Waals surface area contributed by atoms with Gasteiger partial charge >= 0.3 is 0 Å². The molecule has 0 radical (unpaired) electrons. The van der Waals surface area contributed by atoms with Crippen LogP contribution in [0.5, 0.6) is 0 Å². The van der Waals surface area contributed by atoms with Crippen molar-refractivity contribution in [3.63, 3.8) is 0 Å². The van der Waals surface area contributed by atoms with E-state index >= 15 is 0 Å². The molecule has 0 saturated heterocycles. The Hall–Kier alpha value is -2.43. The average Bonchev–Trinajstić information content (AvgIpc) is 2.67. The van der Waals surface area contributed by atoms with Crippen LogP contribution in [0.4, 0.5) is 5.69 Å². The number of fused-ring (bicyclic) bond motifs is 3. The van der Waals surface area contributed by atoms with Crippen molar-refractivity contribution in [3.8, 4) is 11.3 Å². The quantitative estimate of drug-likeness (QED) is 0.276. The highest BCUT2D eigenvalue weighted by Gasteiger charge is 2.27. The van der Waals surface area contributed by atoms with Crippen LogP contribution >= 0.6 is 0 Å². The molecule has 5 nitrogen and oxygen atoms in total. The SMILES string of the molecule is O=[N+]([O-])c1ccc2c(c1)Cc1ccc[n+]([O-])c1-2. The molecule has 1 aromatic carbocycles. The average molecular weight is 228 g/mol. The zero-order valence-electron chi connectivity index (χ0n) is 8.79. The molecule has 84 valence electrons. The van der Waals surface area contributed by atoms with Crippen LogP contribution < -0.4 is 4.73 Å². The van der Waals surface area contributed by atoms with Crippen molar-refractivity contribution < 1.29 is 9.65 Å². The molecule has 0 amide bonds. The van der Waals surface area contributed by atoms with Crippen LogP contribution in [0.2, 0.25) is 0 Å². The molecule has 1 aliphatic rings. The summed E-state index contributed by atoms with van der Waals surface area (Å²) in [6.07, 6.45) is 2.02. The van der Waals surface area contributed by atoms with E-state index in [0.717, 1.165) is 21.4 Å². The van der Waals surface area contributed by atoms with E-state index in [1.807, 2.05) is 6.07 Å². The molecule has 2 aromatic rings. The molecule has 1 aromatic heterocycles. The fourth-order valence-electron chi connectivity index (χ4n) is 2.24. The molecule has 5 heteroatoms. The van der Waals surface area contributed by atoms with Crippen LogP contribution in [0.25, 0.3) is 11.3 Å². The third-order valence-corrected chi connectivity index (χ3v) is 2.98. The smallest absolute Gasteiger partial charge is 0.269 e. The van der Waals surface area contributed by atoms with Gasteiger partial charge in [0.25, 0.3) is 5.69 Å². The summed E-state index contributed by atoms with van der Waals surface area (Å²) < 4.78 is 0.812. The van der Waals surface area contributed by atoms with E-state index in [1.54, 1.807) is 12.1 Å². The van der Waals surface area contributed by atoms with Crippen molar-refractivity contribution in [1.29, 1.82) is 0 Å². The molecule has 3 rings (SSSR count). The number of hydrogen-bond acceptors (Lipinski definition) is 3. The molecule has 0 bridgehead atoms. The Bertz CT molecular complexity index is 638. The van der Waals surface area contributed by atoms with Crippen LogP contribution in [0, 0.1) is 15.3 Å². The van der Waals surface area contributed by atoms with Crippen molar-refractivity contribution in [3.05, 3.63) is 63.0 Å². The molecule has 17 heavy (non-hydrogen) atoms. The Balaban J connectivity index is 2.21. The second-order valence-electron chi connectivity index (χ2n) is 3.98. The fraction of sp³-hybridized carbons (Fsp3) is 0.0833. The number of rotatable bonds is 1. The van der Waals surface area contributed by atoms with E-state index in [2.05, 4.69) is 0 Å². The van der Waals surface area contributed by atoms with Gasteiger partial charge in [0.05, 0.1) is 10.5 Å². The predicted octanol–water partition coefficient (Wildman–Crippen LogP) is 1.80. The largest absolute Gasteiger partial charge is 0.618 e. The van der Waals surface area contributed by atoms with Crippen molar-refractivity contribution >= 4 is 5.69 Å². The highest BCUT2D eigenvalue weighted by Crippen LogP contribution is 2.35. The van der Waals surface area contributed by atoms with E-state index in [9.17, 15) is 15.3 Å². The maximum Gasteiger partial charge on any atom is 0.269 e. The number of nitro groups is 1. The number of non-ortho nitro benzene ring substituents is 1. The second-order valence-corrected chi connectivity index (χ2v) is 3.98. The number of pyridine rings is 1. The minimum atomic E-state index is -0.422. The van der Waals surface area contributed by atoms with Gasteiger partial charge in [0.1, 0.15) is 0 Å². The normalized spacial score (nSPS) is 12.0. The maximum absolute atomic E-state index is 11.7. The summed E-state index contributed by atoms with van der Waals surface area (Å²) in [5.41, 5.74) is 3.22. The highest BCUT2D eigenvalue weighted by molar-refractivity contribution is 5.72. The van der Waals surface area contributed by atoms with Gasteiger partial charge in [-0.3, -0.25) is 10.1 Å². The second kappa shape index (κ2) is 3.28. The summed E-state index contributed by atoms with van der Waals surface area (Å²) in [6, 6.07) is 8.17. The number of benzene rings is 1. The summed E-state index contributed by atoms with van der Waals surface area (Å²) in [5.74, 6) is 0. The third-order valence-electron chi connectivity index (χ3n) is 2.98. The van der Waals surface area contributed by atoms with Crippen LogP contribution in [0.1, 0.15) is 11.1 Å². The summed E-state index contributed by atoms with van der Waals surface area (Å²) in [4.78, 5) is 10.3. The Labute approximate surface area is 96.7 Å². The topological polar surface area (TPSA) is 70.1 Å². The first-order valence-electron chi connectivity index (χ1n) is 5.15. The van der Waals surface area contributed by atoms with Gasteiger partial charge in [-0.15, -0.1) is 0 Å². The molecule has 0 atom stereocenters. The number of nitro benzene ring substituents is 1. The molecule has 1 aliphatic carbocycles. The molecule has 0 aliphatic heterocycles. The summed E-state index contributed by atoms with van der Waals surface area (Å²) >= 11 is 0.